The minimum atomic E-state index is -5.61. The summed E-state index contributed by atoms with van der Waals surface area (Å²) in [4.78, 5) is 15.1. The van der Waals surface area contributed by atoms with E-state index in [9.17, 15) is 36.4 Å². The molecule has 1 aliphatic heterocycles. The first-order chi connectivity index (χ1) is 21.2. The van der Waals surface area contributed by atoms with E-state index in [1.807, 2.05) is 12.1 Å². The SMILES string of the molecule is CN1CCC(CC(=O)Oc2ccc3c(c2)C[C@@H](CCN[S+]([O-])CCCC(F)(F)C(F)(F)F)[C@@H]2[C@@H]3CC[C@]3(C)[C@@H](O)CC[C@@H]23)CC1. The Kier molecular flexibility index (Phi) is 10.8. The summed E-state index contributed by atoms with van der Waals surface area (Å²) in [5, 5.41) is 10.9. The van der Waals surface area contributed by atoms with Crippen LogP contribution in [0.3, 0.4) is 0 Å². The van der Waals surface area contributed by atoms with E-state index < -0.39 is 36.3 Å². The van der Waals surface area contributed by atoms with E-state index in [-0.39, 0.29) is 35.1 Å². The maximum absolute atomic E-state index is 13.2. The molecule has 1 aromatic carbocycles. The lowest BCUT2D eigenvalue weighted by Crippen LogP contribution is -2.47. The molecule has 45 heavy (non-hydrogen) atoms. The number of alkyl halides is 5. The smallest absolute Gasteiger partial charge is 0.453 e. The van der Waals surface area contributed by atoms with Crippen molar-refractivity contribution in [3.05, 3.63) is 29.3 Å². The minimum Gasteiger partial charge on any atom is -0.598 e. The van der Waals surface area contributed by atoms with Crippen LogP contribution in [-0.4, -0.2) is 71.2 Å². The predicted molar refractivity (Wildman–Crippen MR) is 162 cm³/mol. The highest BCUT2D eigenvalue weighted by Crippen LogP contribution is 2.62. The van der Waals surface area contributed by atoms with Crippen LogP contribution in [0.2, 0.25) is 0 Å². The van der Waals surface area contributed by atoms with Crippen molar-refractivity contribution in [2.45, 2.75) is 102 Å². The van der Waals surface area contributed by atoms with E-state index in [0.29, 0.717) is 42.9 Å². The first-order valence-electron chi connectivity index (χ1n) is 16.4. The van der Waals surface area contributed by atoms with Crippen molar-refractivity contribution < 1.29 is 41.1 Å². The molecule has 7 atom stereocenters. The molecule has 4 aliphatic rings. The van der Waals surface area contributed by atoms with E-state index in [2.05, 4.69) is 29.7 Å². The van der Waals surface area contributed by atoms with Gasteiger partial charge in [0.1, 0.15) is 11.5 Å². The molecular formula is C33H47F5N2O4S. The summed E-state index contributed by atoms with van der Waals surface area (Å²) >= 11 is -1.73. The maximum atomic E-state index is 13.2. The number of benzene rings is 1. The molecular weight excluding hydrogens is 615 g/mol. The fourth-order valence-electron chi connectivity index (χ4n) is 8.76. The molecule has 12 heteroatoms. The molecule has 0 radical (unpaired) electrons. The molecule has 1 saturated heterocycles. The summed E-state index contributed by atoms with van der Waals surface area (Å²) < 4.78 is 85.0. The first kappa shape index (κ1) is 34.9. The van der Waals surface area contributed by atoms with Gasteiger partial charge in [-0.15, -0.1) is 4.72 Å². The van der Waals surface area contributed by atoms with Crippen molar-refractivity contribution in [3.63, 3.8) is 0 Å². The lowest BCUT2D eigenvalue weighted by molar-refractivity contribution is -0.284. The summed E-state index contributed by atoms with van der Waals surface area (Å²) in [5.41, 5.74) is 2.22. The lowest BCUT2D eigenvalue weighted by Gasteiger charge is -2.53. The number of aliphatic hydroxyl groups excluding tert-OH is 1. The third-order valence-corrected chi connectivity index (χ3v) is 12.5. The Bertz CT molecular complexity index is 1180. The number of halogens is 5. The zero-order valence-corrected chi connectivity index (χ0v) is 27.0. The summed E-state index contributed by atoms with van der Waals surface area (Å²) in [6.45, 7) is 4.49. The summed E-state index contributed by atoms with van der Waals surface area (Å²) in [6.07, 6.45) is -0.568. The molecule has 2 saturated carbocycles. The van der Waals surface area contributed by atoms with Gasteiger partial charge < -0.3 is 19.3 Å². The number of rotatable bonds is 11. The van der Waals surface area contributed by atoms with Crippen LogP contribution in [0.1, 0.15) is 88.2 Å². The highest BCUT2D eigenvalue weighted by atomic mass is 32.2. The lowest BCUT2D eigenvalue weighted by atomic mass is 9.52. The molecule has 0 bridgehead atoms. The number of likely N-dealkylation sites (tertiary alicyclic amines) is 1. The normalized spacial score (nSPS) is 31.6. The standard InChI is InChI=1S/C33H47F5N2O4S/c1-31-13-8-26-25-5-4-24(44-29(42)18-21-10-15-40(2)16-11-21)20-23(25)19-22(30(26)27(31)6-7-28(31)41)9-14-39-45(43)17-3-12-32(34,35)33(36,37)38/h4-5,20-22,26-28,30,39,41H,3,6-19H2,1-2H3/t22-,26-,27+,28+,30-,31+,45?/m1/s1. The van der Waals surface area contributed by atoms with Crippen LogP contribution in [0.4, 0.5) is 22.0 Å². The average molecular weight is 663 g/mol. The second kappa shape index (κ2) is 13.9. The molecule has 254 valence electrons. The maximum Gasteiger partial charge on any atom is 0.453 e. The quantitative estimate of drug-likeness (QED) is 0.124. The van der Waals surface area contributed by atoms with Gasteiger partial charge in [0.25, 0.3) is 0 Å². The van der Waals surface area contributed by atoms with Crippen molar-refractivity contribution in [1.82, 2.24) is 9.62 Å². The Labute approximate surface area is 266 Å². The van der Waals surface area contributed by atoms with Crippen molar-refractivity contribution in [1.29, 1.82) is 0 Å². The molecule has 3 fully saturated rings. The van der Waals surface area contributed by atoms with Gasteiger partial charge in [0.2, 0.25) is 0 Å². The number of hydrogen-bond donors (Lipinski definition) is 2. The monoisotopic (exact) mass is 662 g/mol. The van der Waals surface area contributed by atoms with Crippen molar-refractivity contribution in [3.8, 4) is 5.75 Å². The highest BCUT2D eigenvalue weighted by molar-refractivity contribution is 7.89. The first-order valence-corrected chi connectivity index (χ1v) is 17.8. The zero-order chi connectivity index (χ0) is 32.6. The molecule has 2 N–H and O–H groups in total. The van der Waals surface area contributed by atoms with Crippen LogP contribution in [0.25, 0.3) is 0 Å². The Morgan fingerprint density at radius 2 is 1.89 bits per heavy atom. The van der Waals surface area contributed by atoms with Gasteiger partial charge >= 0.3 is 18.1 Å². The molecule has 0 amide bonds. The predicted octanol–water partition coefficient (Wildman–Crippen LogP) is 6.39. The number of nitrogens with one attached hydrogen (secondary N) is 1. The number of ether oxygens (including phenoxy) is 1. The number of aliphatic hydroxyl groups is 1. The summed E-state index contributed by atoms with van der Waals surface area (Å²) in [6, 6.07) is 5.97. The van der Waals surface area contributed by atoms with E-state index >= 15 is 0 Å². The fourth-order valence-corrected chi connectivity index (χ4v) is 9.65. The number of fused-ring (bicyclic) bond motifs is 5. The van der Waals surface area contributed by atoms with E-state index in [0.717, 1.165) is 63.6 Å². The van der Waals surface area contributed by atoms with Gasteiger partial charge in [-0.25, -0.2) is 0 Å². The number of nitrogens with zero attached hydrogens (tertiary/aromatic N) is 1. The van der Waals surface area contributed by atoms with Gasteiger partial charge in [0, 0.05) is 37.2 Å². The molecule has 1 aromatic rings. The molecule has 3 aliphatic carbocycles. The van der Waals surface area contributed by atoms with Crippen LogP contribution >= 0.6 is 0 Å². The molecule has 1 heterocycles. The van der Waals surface area contributed by atoms with Gasteiger partial charge in [-0.1, -0.05) is 13.0 Å². The van der Waals surface area contributed by atoms with Crippen molar-refractivity contribution in [2.24, 2.45) is 29.1 Å². The van der Waals surface area contributed by atoms with Crippen LogP contribution in [-0.2, 0) is 22.6 Å². The van der Waals surface area contributed by atoms with Crippen LogP contribution in [0, 0.1) is 29.1 Å². The number of esters is 1. The minimum absolute atomic E-state index is 0.166. The van der Waals surface area contributed by atoms with Crippen LogP contribution in [0.5, 0.6) is 5.75 Å². The summed E-state index contributed by atoms with van der Waals surface area (Å²) in [7, 11) is 2.09. The second-order valence-corrected chi connectivity index (χ2v) is 15.6. The largest absolute Gasteiger partial charge is 0.598 e. The molecule has 1 unspecified atom stereocenters. The Hall–Kier alpha value is -1.47. The number of hydrogen-bond acceptors (Lipinski definition) is 6. The van der Waals surface area contributed by atoms with Crippen molar-refractivity contribution >= 4 is 17.3 Å². The molecule has 6 nitrogen and oxygen atoms in total. The van der Waals surface area contributed by atoms with Gasteiger partial charge in [0.05, 0.1) is 6.10 Å². The number of carbonyl (C=O) groups is 1. The third kappa shape index (κ3) is 7.82. The van der Waals surface area contributed by atoms with Crippen LogP contribution in [0.15, 0.2) is 18.2 Å². The average Bonchev–Trinajstić information content (AvgIpc) is 3.27. The topological polar surface area (TPSA) is 84.9 Å². The Morgan fingerprint density at radius 1 is 1.16 bits per heavy atom. The second-order valence-electron chi connectivity index (χ2n) is 14.2. The molecule has 0 aromatic heterocycles. The molecule has 0 spiro atoms. The molecule has 5 rings (SSSR count). The summed E-state index contributed by atoms with van der Waals surface area (Å²) in [5.74, 6) is -3.35. The van der Waals surface area contributed by atoms with Gasteiger partial charge in [-0.2, -0.15) is 22.0 Å². The van der Waals surface area contributed by atoms with Gasteiger partial charge in [-0.05, 0) is 130 Å². The fraction of sp³-hybridized carbons (Fsp3) is 0.788. The zero-order valence-electron chi connectivity index (χ0n) is 26.2. The Morgan fingerprint density at radius 3 is 2.60 bits per heavy atom. The Balaban J connectivity index is 1.24. The van der Waals surface area contributed by atoms with Crippen molar-refractivity contribution in [2.75, 3.05) is 32.4 Å². The van der Waals surface area contributed by atoms with E-state index in [1.165, 1.54) is 5.56 Å². The van der Waals surface area contributed by atoms with E-state index in [1.54, 1.807) is 0 Å². The number of carbonyl (C=O) groups excluding carboxylic acids is 1. The van der Waals surface area contributed by atoms with E-state index in [4.69, 9.17) is 4.74 Å². The van der Waals surface area contributed by atoms with Gasteiger partial charge in [0.15, 0.2) is 0 Å². The number of piperidine rings is 1. The van der Waals surface area contributed by atoms with Gasteiger partial charge in [-0.3, -0.25) is 4.79 Å². The highest BCUT2D eigenvalue weighted by Gasteiger charge is 2.57. The van der Waals surface area contributed by atoms with Crippen LogP contribution < -0.4 is 9.46 Å². The third-order valence-electron chi connectivity index (χ3n) is 11.4.